The molecular weight excluding hydrogens is 412 g/mol. The van der Waals surface area contributed by atoms with Crippen molar-refractivity contribution in [2.75, 3.05) is 36.9 Å². The van der Waals surface area contributed by atoms with Gasteiger partial charge in [-0.2, -0.15) is 4.98 Å². The number of benzene rings is 1. The van der Waals surface area contributed by atoms with Crippen molar-refractivity contribution < 1.29 is 19.1 Å². The van der Waals surface area contributed by atoms with Crippen molar-refractivity contribution in [3.8, 4) is 5.75 Å². The highest BCUT2D eigenvalue weighted by molar-refractivity contribution is 5.86. The third kappa shape index (κ3) is 7.52. The number of amides is 1. The molecule has 1 aliphatic heterocycles. The molecule has 1 aliphatic rings. The third-order valence-corrected chi connectivity index (χ3v) is 5.06. The maximum absolute atomic E-state index is 11.6. The highest BCUT2D eigenvalue weighted by Crippen LogP contribution is 2.18. The molecule has 0 bridgehead atoms. The Balaban J connectivity index is 1.55. The number of carbonyl (C=O) groups is 2. The smallest absolute Gasteiger partial charge is 0.303 e. The molecule has 174 valence electrons. The van der Waals surface area contributed by atoms with Gasteiger partial charge in [0.25, 0.3) is 5.95 Å². The summed E-state index contributed by atoms with van der Waals surface area (Å²) in [6.45, 7) is 6.40. The number of nitrogens with zero attached hydrogens (tertiary/aromatic N) is 4. The van der Waals surface area contributed by atoms with E-state index in [1.807, 2.05) is 18.2 Å². The number of ether oxygens (including phenoxy) is 2. The maximum Gasteiger partial charge on any atom is 0.303 e. The van der Waals surface area contributed by atoms with E-state index in [-0.39, 0.29) is 25.0 Å². The largest absolute Gasteiger partial charge is 0.490 e. The third-order valence-electron chi connectivity index (χ3n) is 5.06. The predicted molar refractivity (Wildman–Crippen MR) is 120 cm³/mol. The van der Waals surface area contributed by atoms with Gasteiger partial charge in [-0.05, 0) is 43.6 Å². The predicted octanol–water partition coefficient (Wildman–Crippen LogP) is 2.18. The quantitative estimate of drug-likeness (QED) is 0.537. The molecule has 0 radical (unpaired) electrons. The van der Waals surface area contributed by atoms with Gasteiger partial charge in [-0.15, -0.1) is 5.10 Å². The van der Waals surface area contributed by atoms with Crippen LogP contribution >= 0.6 is 0 Å². The van der Waals surface area contributed by atoms with Gasteiger partial charge in [0, 0.05) is 27.4 Å². The van der Waals surface area contributed by atoms with Crippen LogP contribution in [0.1, 0.15) is 38.7 Å². The van der Waals surface area contributed by atoms with Crippen LogP contribution in [0.4, 0.5) is 11.9 Å². The fourth-order valence-corrected chi connectivity index (χ4v) is 3.62. The molecule has 1 saturated heterocycles. The van der Waals surface area contributed by atoms with Gasteiger partial charge in [-0.3, -0.25) is 19.8 Å². The highest BCUT2D eigenvalue weighted by atomic mass is 16.6. The van der Waals surface area contributed by atoms with Crippen molar-refractivity contribution in [2.45, 2.75) is 45.8 Å². The highest BCUT2D eigenvalue weighted by Gasteiger charge is 2.16. The number of hydrogen-bond acceptors (Lipinski definition) is 8. The van der Waals surface area contributed by atoms with Crippen LogP contribution in [0.3, 0.4) is 0 Å². The van der Waals surface area contributed by atoms with Gasteiger partial charge in [0.15, 0.2) is 6.10 Å². The molecule has 1 atom stereocenters. The topological polar surface area (TPSA) is 111 Å². The Kier molecular flexibility index (Phi) is 8.43. The number of esters is 1. The van der Waals surface area contributed by atoms with Crippen molar-refractivity contribution in [1.29, 1.82) is 0 Å². The summed E-state index contributed by atoms with van der Waals surface area (Å²) in [6, 6.07) is 8.03. The second-order valence-corrected chi connectivity index (χ2v) is 7.97. The number of nitrogens with one attached hydrogen (secondary N) is 2. The average molecular weight is 445 g/mol. The first kappa shape index (κ1) is 23.5. The second-order valence-electron chi connectivity index (χ2n) is 7.97. The first-order valence-electron chi connectivity index (χ1n) is 10.9. The van der Waals surface area contributed by atoms with Crippen LogP contribution in [0.2, 0.25) is 0 Å². The van der Waals surface area contributed by atoms with E-state index in [9.17, 15) is 9.59 Å². The lowest BCUT2D eigenvalue weighted by atomic mass is 10.1. The number of likely N-dealkylation sites (tertiary alicyclic amines) is 1. The number of aromatic nitrogens is 3. The molecule has 1 fully saturated rings. The van der Waals surface area contributed by atoms with Crippen LogP contribution < -0.4 is 15.4 Å². The zero-order valence-electron chi connectivity index (χ0n) is 19.0. The van der Waals surface area contributed by atoms with E-state index in [2.05, 4.69) is 31.7 Å². The number of carbonyl (C=O) groups excluding carboxylic acids is 2. The molecule has 1 unspecified atom stereocenters. The minimum absolute atomic E-state index is 0.191. The fourth-order valence-electron chi connectivity index (χ4n) is 3.62. The van der Waals surface area contributed by atoms with E-state index in [4.69, 9.17) is 9.47 Å². The fraction of sp³-hybridized carbons (Fsp3) is 0.545. The lowest BCUT2D eigenvalue weighted by molar-refractivity contribution is -0.147. The Morgan fingerprint density at radius 3 is 2.69 bits per heavy atom. The Morgan fingerprint density at radius 1 is 1.19 bits per heavy atom. The molecule has 1 amide bonds. The molecular formula is C22H32N6O4. The van der Waals surface area contributed by atoms with Gasteiger partial charge in [0.2, 0.25) is 11.9 Å². The zero-order valence-corrected chi connectivity index (χ0v) is 19.0. The number of piperidine rings is 1. The van der Waals surface area contributed by atoms with Crippen LogP contribution in [0.25, 0.3) is 0 Å². The Bertz CT molecular complexity index is 910. The molecule has 0 aliphatic carbocycles. The van der Waals surface area contributed by atoms with Gasteiger partial charge in [-0.25, -0.2) is 4.68 Å². The summed E-state index contributed by atoms with van der Waals surface area (Å²) >= 11 is 0. The zero-order chi connectivity index (χ0) is 22.9. The Labute approximate surface area is 188 Å². The van der Waals surface area contributed by atoms with Crippen molar-refractivity contribution in [1.82, 2.24) is 19.7 Å². The molecule has 2 aromatic rings. The Hall–Kier alpha value is -3.14. The van der Waals surface area contributed by atoms with Crippen LogP contribution in [-0.2, 0) is 27.9 Å². The summed E-state index contributed by atoms with van der Waals surface area (Å²) in [7, 11) is 1.70. The number of hydrogen-bond donors (Lipinski definition) is 2. The van der Waals surface area contributed by atoms with E-state index < -0.39 is 12.1 Å². The number of rotatable bonds is 10. The van der Waals surface area contributed by atoms with Crippen LogP contribution in [-0.4, -0.2) is 63.9 Å². The van der Waals surface area contributed by atoms with Crippen LogP contribution in [0.5, 0.6) is 5.75 Å². The van der Waals surface area contributed by atoms with Gasteiger partial charge >= 0.3 is 5.97 Å². The standard InChI is InChI=1S/C22H32N6O4/c1-16(29)24-21-25-22(27(3)26-21)23-13-20(32-17(2)30)15-31-19-9-7-8-18(12-19)14-28-10-5-4-6-11-28/h7-9,12,20H,4-6,10-11,13-15H2,1-3H3,(H2,23,24,25,26,29). The van der Waals surface area contributed by atoms with Gasteiger partial charge in [0.05, 0.1) is 6.54 Å². The first-order valence-corrected chi connectivity index (χ1v) is 10.9. The molecule has 1 aromatic heterocycles. The number of aryl methyl sites for hydroxylation is 1. The monoisotopic (exact) mass is 444 g/mol. The molecule has 1 aromatic carbocycles. The number of anilines is 2. The molecule has 10 heteroatoms. The van der Waals surface area contributed by atoms with E-state index >= 15 is 0 Å². The molecule has 0 spiro atoms. The van der Waals surface area contributed by atoms with Crippen LogP contribution in [0, 0.1) is 0 Å². The van der Waals surface area contributed by atoms with Gasteiger partial charge in [-0.1, -0.05) is 18.6 Å². The lowest BCUT2D eigenvalue weighted by Gasteiger charge is -2.26. The molecule has 0 saturated carbocycles. The summed E-state index contributed by atoms with van der Waals surface area (Å²) in [5.41, 5.74) is 1.20. The molecule has 10 nitrogen and oxygen atoms in total. The molecule has 32 heavy (non-hydrogen) atoms. The average Bonchev–Trinajstić information content (AvgIpc) is 3.09. The first-order chi connectivity index (χ1) is 15.4. The SMILES string of the molecule is CC(=O)Nc1nc(NCC(COc2cccc(CN3CCCCC3)c2)OC(C)=O)n(C)n1. The van der Waals surface area contributed by atoms with E-state index in [1.165, 1.54) is 43.4 Å². The minimum Gasteiger partial charge on any atom is -0.490 e. The molecule has 3 rings (SSSR count). The van der Waals surface area contributed by atoms with Crippen molar-refractivity contribution >= 4 is 23.8 Å². The van der Waals surface area contributed by atoms with E-state index in [0.29, 0.717) is 5.95 Å². The minimum atomic E-state index is -0.529. The maximum atomic E-state index is 11.6. The van der Waals surface area contributed by atoms with Crippen molar-refractivity contribution in [2.24, 2.45) is 7.05 Å². The normalized spacial score (nSPS) is 15.1. The second kappa shape index (κ2) is 11.5. The summed E-state index contributed by atoms with van der Waals surface area (Å²) < 4.78 is 12.8. The lowest BCUT2D eigenvalue weighted by Crippen LogP contribution is -2.32. The summed E-state index contributed by atoms with van der Waals surface area (Å²) in [4.78, 5) is 29.4. The van der Waals surface area contributed by atoms with Gasteiger partial charge in [0.1, 0.15) is 12.4 Å². The molecule has 2 N–H and O–H groups in total. The molecule has 2 heterocycles. The summed E-state index contributed by atoms with van der Waals surface area (Å²) in [6.07, 6.45) is 3.30. The van der Waals surface area contributed by atoms with Crippen LogP contribution in [0.15, 0.2) is 24.3 Å². The summed E-state index contributed by atoms with van der Waals surface area (Å²) in [5.74, 6) is 0.734. The van der Waals surface area contributed by atoms with E-state index in [0.717, 1.165) is 25.4 Å². The van der Waals surface area contributed by atoms with Gasteiger partial charge < -0.3 is 14.8 Å². The van der Waals surface area contributed by atoms with E-state index in [1.54, 1.807) is 7.05 Å². The van der Waals surface area contributed by atoms with Crippen molar-refractivity contribution in [3.05, 3.63) is 29.8 Å². The van der Waals surface area contributed by atoms with Crippen molar-refractivity contribution in [3.63, 3.8) is 0 Å². The summed E-state index contributed by atoms with van der Waals surface area (Å²) in [5, 5.41) is 9.73. The Morgan fingerprint density at radius 2 is 1.97 bits per heavy atom.